The summed E-state index contributed by atoms with van der Waals surface area (Å²) in [4.78, 5) is 30.3. The van der Waals surface area contributed by atoms with Gasteiger partial charge >= 0.3 is 6.18 Å². The number of nitrogens with zero attached hydrogens (tertiary/aromatic N) is 6. The molecule has 0 unspecified atom stereocenters. The summed E-state index contributed by atoms with van der Waals surface area (Å²) in [6.45, 7) is 1.84. The summed E-state index contributed by atoms with van der Waals surface area (Å²) >= 11 is 0. The normalized spacial score (nSPS) is 13.3. The van der Waals surface area contributed by atoms with Crippen molar-refractivity contribution in [2.45, 2.75) is 38.4 Å². The molecule has 1 fully saturated rings. The number of nitrogens with one attached hydrogen (secondary N) is 2. The van der Waals surface area contributed by atoms with Crippen LogP contribution in [0.3, 0.4) is 0 Å². The first-order valence-corrected chi connectivity index (χ1v) is 12.1. The van der Waals surface area contributed by atoms with Crippen molar-refractivity contribution in [2.75, 3.05) is 19.5 Å². The highest BCUT2D eigenvalue weighted by Crippen LogP contribution is 2.45. The lowest BCUT2D eigenvalue weighted by atomic mass is 10.1. The van der Waals surface area contributed by atoms with E-state index in [1.807, 2.05) is 0 Å². The van der Waals surface area contributed by atoms with Gasteiger partial charge in [0.25, 0.3) is 5.91 Å². The maximum absolute atomic E-state index is 13.0. The van der Waals surface area contributed by atoms with E-state index < -0.39 is 11.9 Å². The van der Waals surface area contributed by atoms with Crippen LogP contribution in [0.2, 0.25) is 0 Å². The average Bonchev–Trinajstić information content (AvgIpc) is 3.71. The lowest BCUT2D eigenvalue weighted by Gasteiger charge is -2.14. The first-order valence-electron chi connectivity index (χ1n) is 12.1. The molecule has 1 aliphatic rings. The standard InChI is InChI=1S/C26H25F3N8O2/c1-14-10-19(26(27,28)29)36-37(14)17-8-4-15(5-9-17)11-31-22-18(24(38)30-2)12-32-23(35-22)20-21(16-6-7-16)33-13-34-25(20)39-3/h4-5,8-10,12-13,16H,6-7,11H2,1-3H3,(H,30,38)(H,31,32,35). The molecule has 39 heavy (non-hydrogen) atoms. The number of amides is 1. The molecule has 1 saturated carbocycles. The third-order valence-electron chi connectivity index (χ3n) is 6.30. The van der Waals surface area contributed by atoms with Crippen molar-refractivity contribution in [1.82, 2.24) is 35.0 Å². The molecule has 1 aliphatic carbocycles. The minimum Gasteiger partial charge on any atom is -0.480 e. The van der Waals surface area contributed by atoms with Crippen LogP contribution in [0.25, 0.3) is 17.1 Å². The van der Waals surface area contributed by atoms with E-state index in [1.165, 1.54) is 31.4 Å². The van der Waals surface area contributed by atoms with Crippen molar-refractivity contribution in [2.24, 2.45) is 0 Å². The molecule has 4 aromatic rings. The number of halogens is 3. The second-order valence-corrected chi connectivity index (χ2v) is 9.05. The van der Waals surface area contributed by atoms with Crippen LogP contribution in [0.15, 0.2) is 42.9 Å². The smallest absolute Gasteiger partial charge is 0.435 e. The number of hydrogen-bond acceptors (Lipinski definition) is 8. The summed E-state index contributed by atoms with van der Waals surface area (Å²) in [7, 11) is 3.03. The van der Waals surface area contributed by atoms with Crippen LogP contribution in [-0.2, 0) is 12.7 Å². The zero-order chi connectivity index (χ0) is 27.7. The Hall–Kier alpha value is -4.55. The molecule has 0 spiro atoms. The highest BCUT2D eigenvalue weighted by molar-refractivity contribution is 5.98. The SMILES string of the molecule is CNC(=O)c1cnc(-c2c(OC)ncnc2C2CC2)nc1NCc1ccc(-n2nc(C(F)(F)F)cc2C)cc1. The average molecular weight is 539 g/mol. The first-order chi connectivity index (χ1) is 18.7. The minimum atomic E-state index is -4.52. The molecular formula is C26H25F3N8O2. The van der Waals surface area contributed by atoms with Crippen LogP contribution in [-0.4, -0.2) is 49.8 Å². The molecule has 1 aromatic carbocycles. The maximum atomic E-state index is 13.0. The Bertz CT molecular complexity index is 1510. The Morgan fingerprint density at radius 3 is 2.51 bits per heavy atom. The van der Waals surface area contributed by atoms with Crippen LogP contribution >= 0.6 is 0 Å². The molecule has 202 valence electrons. The predicted molar refractivity (Wildman–Crippen MR) is 136 cm³/mol. The summed E-state index contributed by atoms with van der Waals surface area (Å²) in [6.07, 6.45) is 0.370. The van der Waals surface area contributed by atoms with Crippen molar-refractivity contribution in [1.29, 1.82) is 0 Å². The van der Waals surface area contributed by atoms with Crippen molar-refractivity contribution in [3.63, 3.8) is 0 Å². The number of methoxy groups -OCH3 is 1. The molecule has 0 radical (unpaired) electrons. The number of ether oxygens (including phenoxy) is 1. The summed E-state index contributed by atoms with van der Waals surface area (Å²) < 4.78 is 45.8. The number of carbonyl (C=O) groups excluding carboxylic acids is 1. The number of aromatic nitrogens is 6. The highest BCUT2D eigenvalue weighted by atomic mass is 19.4. The van der Waals surface area contributed by atoms with Gasteiger partial charge in [-0.25, -0.2) is 24.6 Å². The molecule has 3 heterocycles. The van der Waals surface area contributed by atoms with Crippen molar-refractivity contribution < 1.29 is 22.7 Å². The van der Waals surface area contributed by atoms with E-state index in [2.05, 4.69) is 35.7 Å². The molecule has 0 atom stereocenters. The third kappa shape index (κ3) is 5.38. The van der Waals surface area contributed by atoms with Gasteiger partial charge < -0.3 is 15.4 Å². The number of hydrogen-bond donors (Lipinski definition) is 2. The Balaban J connectivity index is 1.42. The van der Waals surface area contributed by atoms with Crippen molar-refractivity contribution >= 4 is 11.7 Å². The van der Waals surface area contributed by atoms with Gasteiger partial charge in [0.15, 0.2) is 11.5 Å². The maximum Gasteiger partial charge on any atom is 0.435 e. The van der Waals surface area contributed by atoms with Crippen molar-refractivity contribution in [3.05, 3.63) is 71.1 Å². The number of aryl methyl sites for hydroxylation is 1. The van der Waals surface area contributed by atoms with E-state index in [-0.39, 0.29) is 23.9 Å². The molecular weight excluding hydrogens is 513 g/mol. The van der Waals surface area contributed by atoms with E-state index in [0.717, 1.165) is 30.2 Å². The molecule has 13 heteroatoms. The fourth-order valence-electron chi connectivity index (χ4n) is 4.17. The van der Waals surface area contributed by atoms with Gasteiger partial charge in [0, 0.05) is 31.4 Å². The summed E-state index contributed by atoms with van der Waals surface area (Å²) in [5, 5.41) is 9.46. The zero-order valence-corrected chi connectivity index (χ0v) is 21.4. The van der Waals surface area contributed by atoms with E-state index in [9.17, 15) is 18.0 Å². The first kappa shape index (κ1) is 26.1. The number of anilines is 1. The Kier molecular flexibility index (Phi) is 6.89. The molecule has 0 aliphatic heterocycles. The largest absolute Gasteiger partial charge is 0.480 e. The Morgan fingerprint density at radius 2 is 1.90 bits per heavy atom. The van der Waals surface area contributed by atoms with E-state index in [1.54, 1.807) is 31.2 Å². The molecule has 5 rings (SSSR count). The number of alkyl halides is 3. The van der Waals surface area contributed by atoms with Crippen LogP contribution in [0.4, 0.5) is 19.0 Å². The van der Waals surface area contributed by atoms with Gasteiger partial charge in [-0.1, -0.05) is 12.1 Å². The molecule has 3 aromatic heterocycles. The Labute approximate surface area is 221 Å². The van der Waals surface area contributed by atoms with E-state index in [4.69, 9.17) is 4.74 Å². The number of rotatable bonds is 8. The monoisotopic (exact) mass is 538 g/mol. The lowest BCUT2D eigenvalue weighted by molar-refractivity contribution is -0.141. The summed E-state index contributed by atoms with van der Waals surface area (Å²) in [6, 6.07) is 7.88. The fourth-order valence-corrected chi connectivity index (χ4v) is 4.17. The quantitative estimate of drug-likeness (QED) is 0.341. The van der Waals surface area contributed by atoms with Crippen LogP contribution in [0.5, 0.6) is 5.88 Å². The van der Waals surface area contributed by atoms with Crippen LogP contribution in [0, 0.1) is 6.92 Å². The second-order valence-electron chi connectivity index (χ2n) is 9.05. The minimum absolute atomic E-state index is 0.244. The molecule has 1 amide bonds. The highest BCUT2D eigenvalue weighted by Gasteiger charge is 2.34. The van der Waals surface area contributed by atoms with Gasteiger partial charge in [0.2, 0.25) is 5.88 Å². The van der Waals surface area contributed by atoms with E-state index >= 15 is 0 Å². The van der Waals surface area contributed by atoms with Gasteiger partial charge in [-0.05, 0) is 43.5 Å². The van der Waals surface area contributed by atoms with Gasteiger partial charge in [0.1, 0.15) is 23.3 Å². The van der Waals surface area contributed by atoms with Gasteiger partial charge in [-0.3, -0.25) is 4.79 Å². The number of benzene rings is 1. The fraction of sp³-hybridized carbons (Fsp3) is 0.308. The third-order valence-corrected chi connectivity index (χ3v) is 6.30. The van der Waals surface area contributed by atoms with Gasteiger partial charge in [0.05, 0.1) is 18.5 Å². The van der Waals surface area contributed by atoms with Crippen LogP contribution < -0.4 is 15.4 Å². The molecule has 0 bridgehead atoms. The molecule has 0 saturated heterocycles. The van der Waals surface area contributed by atoms with Crippen LogP contribution in [0.1, 0.15) is 51.8 Å². The van der Waals surface area contributed by atoms with Crippen molar-refractivity contribution in [3.8, 4) is 23.0 Å². The zero-order valence-electron chi connectivity index (χ0n) is 21.4. The van der Waals surface area contributed by atoms with Gasteiger partial charge in [-0.15, -0.1) is 0 Å². The number of carbonyl (C=O) groups is 1. The molecule has 2 N–H and O–H groups in total. The van der Waals surface area contributed by atoms with E-state index in [0.29, 0.717) is 34.5 Å². The van der Waals surface area contributed by atoms with Gasteiger partial charge in [-0.2, -0.15) is 18.3 Å². The lowest BCUT2D eigenvalue weighted by Crippen LogP contribution is -2.21. The topological polar surface area (TPSA) is 120 Å². The second kappa shape index (κ2) is 10.3. The summed E-state index contributed by atoms with van der Waals surface area (Å²) in [5.74, 6) is 0.888. The summed E-state index contributed by atoms with van der Waals surface area (Å²) in [5.41, 5.74) is 2.35. The molecule has 10 nitrogen and oxygen atoms in total. The Morgan fingerprint density at radius 1 is 1.15 bits per heavy atom. The predicted octanol–water partition coefficient (Wildman–Crippen LogP) is 4.30.